The Morgan fingerprint density at radius 1 is 0.571 bits per heavy atom. The van der Waals surface area contributed by atoms with Gasteiger partial charge in [-0.05, 0) is 36.8 Å². The lowest BCUT2D eigenvalue weighted by atomic mass is 10.0. The van der Waals surface area contributed by atoms with Gasteiger partial charge in [-0.3, -0.25) is 0 Å². The van der Waals surface area contributed by atoms with E-state index in [1.54, 1.807) is 0 Å². The van der Waals surface area contributed by atoms with Crippen LogP contribution in [0, 0.1) is 0 Å². The van der Waals surface area contributed by atoms with Gasteiger partial charge in [-0.1, -0.05) is 60.7 Å². The third-order valence-corrected chi connectivity index (χ3v) is 4.72. The molecule has 0 saturated heterocycles. The lowest BCUT2D eigenvalue weighted by Crippen LogP contribution is -2.10. The lowest BCUT2D eigenvalue weighted by molar-refractivity contribution is 0.830. The van der Waals surface area contributed by atoms with Gasteiger partial charge in [-0.15, -0.1) is 0 Å². The zero-order valence-corrected chi connectivity index (χ0v) is 15.5. The van der Waals surface area contributed by atoms with Crippen molar-refractivity contribution in [2.75, 3.05) is 11.5 Å². The van der Waals surface area contributed by atoms with Crippen molar-refractivity contribution in [3.8, 4) is 0 Å². The average Bonchev–Trinajstić information content (AvgIpc) is 2.72. The van der Waals surface area contributed by atoms with Crippen LogP contribution in [-0.2, 0) is 25.7 Å². The SMILES string of the molecule is Nc1nc(N)c2nc(CCc3ccccc3)c(CCc3ccccc3)nc2n1. The predicted molar refractivity (Wildman–Crippen MR) is 112 cm³/mol. The summed E-state index contributed by atoms with van der Waals surface area (Å²) in [5.74, 6) is 0.385. The molecular formula is C22H22N6. The van der Waals surface area contributed by atoms with Crippen LogP contribution in [0.1, 0.15) is 22.5 Å². The van der Waals surface area contributed by atoms with Crippen molar-refractivity contribution in [1.29, 1.82) is 0 Å². The van der Waals surface area contributed by atoms with Gasteiger partial charge in [0.15, 0.2) is 17.0 Å². The zero-order valence-electron chi connectivity index (χ0n) is 15.5. The second-order valence-electron chi connectivity index (χ2n) is 6.73. The molecule has 2 aromatic heterocycles. The number of hydrogen-bond donors (Lipinski definition) is 2. The molecule has 0 aliphatic rings. The summed E-state index contributed by atoms with van der Waals surface area (Å²) in [6.45, 7) is 0. The first-order valence-electron chi connectivity index (χ1n) is 9.35. The van der Waals surface area contributed by atoms with Crippen LogP contribution in [0.5, 0.6) is 0 Å². The van der Waals surface area contributed by atoms with Gasteiger partial charge < -0.3 is 11.5 Å². The third kappa shape index (κ3) is 4.06. The zero-order chi connectivity index (χ0) is 19.3. The van der Waals surface area contributed by atoms with E-state index in [4.69, 9.17) is 21.4 Å². The van der Waals surface area contributed by atoms with E-state index in [0.29, 0.717) is 11.2 Å². The first-order chi connectivity index (χ1) is 13.7. The van der Waals surface area contributed by atoms with Gasteiger partial charge in [0, 0.05) is 0 Å². The van der Waals surface area contributed by atoms with Gasteiger partial charge in [0.1, 0.15) is 0 Å². The Morgan fingerprint density at radius 3 is 1.68 bits per heavy atom. The van der Waals surface area contributed by atoms with Crippen LogP contribution in [0.15, 0.2) is 60.7 Å². The van der Waals surface area contributed by atoms with Gasteiger partial charge in [-0.25, -0.2) is 9.97 Å². The highest BCUT2D eigenvalue weighted by Crippen LogP contribution is 2.20. The molecule has 6 heteroatoms. The minimum absolute atomic E-state index is 0.116. The van der Waals surface area contributed by atoms with Crippen LogP contribution in [-0.4, -0.2) is 19.9 Å². The fourth-order valence-corrected chi connectivity index (χ4v) is 3.27. The van der Waals surface area contributed by atoms with Crippen molar-refractivity contribution in [3.63, 3.8) is 0 Å². The number of benzene rings is 2. The smallest absolute Gasteiger partial charge is 0.224 e. The number of fused-ring (bicyclic) bond motifs is 1. The second kappa shape index (κ2) is 8.00. The molecule has 28 heavy (non-hydrogen) atoms. The summed E-state index contributed by atoms with van der Waals surface area (Å²) >= 11 is 0. The molecule has 2 aromatic carbocycles. The molecule has 0 unspecified atom stereocenters. The summed E-state index contributed by atoms with van der Waals surface area (Å²) in [5.41, 5.74) is 17.1. The fraction of sp³-hybridized carbons (Fsp3) is 0.182. The topological polar surface area (TPSA) is 104 Å². The summed E-state index contributed by atoms with van der Waals surface area (Å²) in [4.78, 5) is 17.8. The maximum Gasteiger partial charge on any atom is 0.224 e. The molecule has 2 heterocycles. The van der Waals surface area contributed by atoms with Crippen LogP contribution in [0.4, 0.5) is 11.8 Å². The van der Waals surface area contributed by atoms with Crippen LogP contribution < -0.4 is 11.5 Å². The molecule has 0 spiro atoms. The van der Waals surface area contributed by atoms with Crippen LogP contribution in [0.3, 0.4) is 0 Å². The number of anilines is 2. The summed E-state index contributed by atoms with van der Waals surface area (Å²) in [6, 6.07) is 20.7. The fourth-order valence-electron chi connectivity index (χ4n) is 3.27. The third-order valence-electron chi connectivity index (χ3n) is 4.72. The van der Waals surface area contributed by atoms with Crippen molar-refractivity contribution in [2.45, 2.75) is 25.7 Å². The average molecular weight is 370 g/mol. The molecule has 0 aliphatic carbocycles. The van der Waals surface area contributed by atoms with Crippen LogP contribution in [0.2, 0.25) is 0 Å². The second-order valence-corrected chi connectivity index (χ2v) is 6.73. The Kier molecular flexibility index (Phi) is 5.10. The summed E-state index contributed by atoms with van der Waals surface area (Å²) in [6.07, 6.45) is 3.33. The number of nitrogen functional groups attached to an aromatic ring is 2. The Labute approximate surface area is 163 Å². The molecule has 0 bridgehead atoms. The van der Waals surface area contributed by atoms with E-state index in [9.17, 15) is 0 Å². The molecule has 140 valence electrons. The number of aryl methyl sites for hydroxylation is 4. The molecule has 4 rings (SSSR count). The molecule has 4 N–H and O–H groups in total. The summed E-state index contributed by atoms with van der Waals surface area (Å²) in [7, 11) is 0. The lowest BCUT2D eigenvalue weighted by Gasteiger charge is -2.11. The Hall–Kier alpha value is -3.54. The van der Waals surface area contributed by atoms with E-state index in [0.717, 1.165) is 37.1 Å². The van der Waals surface area contributed by atoms with E-state index < -0.39 is 0 Å². The normalized spacial score (nSPS) is 11.0. The molecule has 0 saturated carbocycles. The Morgan fingerprint density at radius 2 is 1.11 bits per heavy atom. The van der Waals surface area contributed by atoms with Gasteiger partial charge in [0.2, 0.25) is 5.95 Å². The van der Waals surface area contributed by atoms with Crippen LogP contribution in [0.25, 0.3) is 11.2 Å². The van der Waals surface area contributed by atoms with Crippen molar-refractivity contribution in [2.24, 2.45) is 0 Å². The molecule has 0 fully saturated rings. The van der Waals surface area contributed by atoms with Crippen molar-refractivity contribution >= 4 is 22.9 Å². The Balaban J connectivity index is 1.67. The van der Waals surface area contributed by atoms with E-state index in [1.807, 2.05) is 36.4 Å². The minimum atomic E-state index is 0.116. The number of aromatic nitrogens is 4. The quantitative estimate of drug-likeness (QED) is 0.540. The maximum absolute atomic E-state index is 6.01. The van der Waals surface area contributed by atoms with Gasteiger partial charge in [0.25, 0.3) is 0 Å². The van der Waals surface area contributed by atoms with Crippen molar-refractivity contribution in [3.05, 3.63) is 83.2 Å². The highest BCUT2D eigenvalue weighted by Gasteiger charge is 2.14. The van der Waals surface area contributed by atoms with Gasteiger partial charge in [-0.2, -0.15) is 9.97 Å². The number of nitrogens with two attached hydrogens (primary N) is 2. The van der Waals surface area contributed by atoms with E-state index in [1.165, 1.54) is 11.1 Å². The van der Waals surface area contributed by atoms with E-state index >= 15 is 0 Å². The largest absolute Gasteiger partial charge is 0.382 e. The minimum Gasteiger partial charge on any atom is -0.382 e. The molecule has 0 atom stereocenters. The number of nitrogens with zero attached hydrogens (tertiary/aromatic N) is 4. The molecule has 0 amide bonds. The first-order valence-corrected chi connectivity index (χ1v) is 9.35. The number of hydrogen-bond acceptors (Lipinski definition) is 6. The standard InChI is InChI=1S/C22H22N6/c23-20-19-21(28-22(24)27-20)26-18(14-12-16-9-5-2-6-10-16)17(25-19)13-11-15-7-3-1-4-8-15/h1-10H,11-14H2,(H4,23,24,26,27,28). The highest BCUT2D eigenvalue weighted by molar-refractivity contribution is 5.82. The first kappa shape index (κ1) is 17.9. The molecule has 0 radical (unpaired) electrons. The molecule has 6 nitrogen and oxygen atoms in total. The molecule has 0 aliphatic heterocycles. The predicted octanol–water partition coefficient (Wildman–Crippen LogP) is 3.15. The van der Waals surface area contributed by atoms with E-state index in [2.05, 4.69) is 34.2 Å². The van der Waals surface area contributed by atoms with E-state index in [-0.39, 0.29) is 11.8 Å². The van der Waals surface area contributed by atoms with Crippen molar-refractivity contribution in [1.82, 2.24) is 19.9 Å². The Bertz CT molecular complexity index is 1080. The van der Waals surface area contributed by atoms with Crippen molar-refractivity contribution < 1.29 is 0 Å². The maximum atomic E-state index is 6.01. The van der Waals surface area contributed by atoms with Gasteiger partial charge in [0.05, 0.1) is 11.4 Å². The highest BCUT2D eigenvalue weighted by atomic mass is 15.1. The summed E-state index contributed by atoms with van der Waals surface area (Å²) in [5, 5.41) is 0. The summed E-state index contributed by atoms with van der Waals surface area (Å²) < 4.78 is 0. The van der Waals surface area contributed by atoms with Crippen LogP contribution >= 0.6 is 0 Å². The molecular weight excluding hydrogens is 348 g/mol. The monoisotopic (exact) mass is 370 g/mol. The number of rotatable bonds is 6. The van der Waals surface area contributed by atoms with Gasteiger partial charge >= 0.3 is 0 Å². The molecule has 4 aromatic rings.